The number of carbonyl (C=O) groups excluding carboxylic acids is 1. The Labute approximate surface area is 275 Å². The number of benzene rings is 2. The molecule has 5 heterocycles. The monoisotopic (exact) mass is 650 g/mol. The van der Waals surface area contributed by atoms with Crippen LogP contribution in [0.25, 0.3) is 22.5 Å². The van der Waals surface area contributed by atoms with Gasteiger partial charge in [0, 0.05) is 61.4 Å². The maximum absolute atomic E-state index is 12.8. The number of pyridine rings is 2. The average Bonchev–Trinajstić information content (AvgIpc) is 3.68. The number of hydrogen-bond acceptors (Lipinski definition) is 10. The molecule has 2 aliphatic rings. The normalized spacial score (nSPS) is 18.5. The van der Waals surface area contributed by atoms with E-state index in [9.17, 15) is 14.9 Å². The molecule has 2 aliphatic heterocycles. The van der Waals surface area contributed by atoms with E-state index in [1.54, 1.807) is 25.1 Å². The third-order valence-corrected chi connectivity index (χ3v) is 9.03. The van der Waals surface area contributed by atoms with Gasteiger partial charge in [0.2, 0.25) is 11.8 Å². The van der Waals surface area contributed by atoms with Crippen molar-refractivity contribution in [2.24, 2.45) is 0 Å². The van der Waals surface area contributed by atoms with Crippen molar-refractivity contribution in [3.63, 3.8) is 0 Å². The minimum Gasteiger partial charge on any atom is -0.443 e. The summed E-state index contributed by atoms with van der Waals surface area (Å²) >= 11 is 6.24. The molecular formula is C34H31ClN8O4. The van der Waals surface area contributed by atoms with Gasteiger partial charge in [-0.1, -0.05) is 18.5 Å². The van der Waals surface area contributed by atoms with Gasteiger partial charge < -0.3 is 19.0 Å². The molecule has 0 radical (unpaired) electrons. The molecule has 0 unspecified atom stereocenters. The lowest BCUT2D eigenvalue weighted by Gasteiger charge is -2.36. The van der Waals surface area contributed by atoms with Crippen LogP contribution in [-0.2, 0) is 17.7 Å². The molecule has 0 spiro atoms. The van der Waals surface area contributed by atoms with Crippen LogP contribution in [-0.4, -0.2) is 63.4 Å². The lowest BCUT2D eigenvalue weighted by molar-refractivity contribution is 0.138. The summed E-state index contributed by atoms with van der Waals surface area (Å²) in [6, 6.07) is 18.0. The molecule has 3 aromatic heterocycles. The lowest BCUT2D eigenvalue weighted by atomic mass is 10.1. The van der Waals surface area contributed by atoms with Crippen LogP contribution < -0.4 is 15.4 Å². The average molecular weight is 651 g/mol. The van der Waals surface area contributed by atoms with Crippen molar-refractivity contribution in [3.8, 4) is 17.5 Å². The Morgan fingerprint density at radius 3 is 2.51 bits per heavy atom. The highest BCUT2D eigenvalue weighted by Gasteiger charge is 2.44. The van der Waals surface area contributed by atoms with Gasteiger partial charge in [0.15, 0.2) is 6.04 Å². The number of H-pyrrole nitrogens is 1. The van der Waals surface area contributed by atoms with Gasteiger partial charge in [-0.25, -0.2) is 4.79 Å². The van der Waals surface area contributed by atoms with E-state index in [1.807, 2.05) is 55.6 Å². The summed E-state index contributed by atoms with van der Waals surface area (Å²) in [6.07, 6.45) is 1.45. The number of ether oxygens (including phenoxy) is 1. The van der Waals surface area contributed by atoms with Crippen molar-refractivity contribution >= 4 is 40.1 Å². The summed E-state index contributed by atoms with van der Waals surface area (Å²) in [5.41, 5.74) is 5.96. The highest BCUT2D eigenvalue weighted by molar-refractivity contribution is 6.32. The topological polar surface area (TPSA) is 144 Å². The number of aromatic nitrogens is 4. The van der Waals surface area contributed by atoms with Gasteiger partial charge in [0.05, 0.1) is 21.6 Å². The van der Waals surface area contributed by atoms with Crippen molar-refractivity contribution in [2.75, 3.05) is 36.0 Å². The molecule has 13 heteroatoms. The molecule has 0 saturated carbocycles. The number of aryl methyl sites for hydroxylation is 1. The van der Waals surface area contributed by atoms with E-state index < -0.39 is 18.2 Å². The Kier molecular flexibility index (Phi) is 8.09. The van der Waals surface area contributed by atoms with E-state index in [2.05, 4.69) is 30.0 Å². The molecule has 2 fully saturated rings. The predicted molar refractivity (Wildman–Crippen MR) is 176 cm³/mol. The van der Waals surface area contributed by atoms with E-state index in [0.717, 1.165) is 66.1 Å². The zero-order chi connectivity index (χ0) is 32.7. The number of cyclic esters (lactones) is 1. The number of halogens is 1. The second kappa shape index (κ2) is 12.5. The first-order valence-corrected chi connectivity index (χ1v) is 15.8. The Hall–Kier alpha value is -5.25. The van der Waals surface area contributed by atoms with Gasteiger partial charge in [-0.3, -0.25) is 19.6 Å². The summed E-state index contributed by atoms with van der Waals surface area (Å²) in [7, 11) is 0. The highest BCUT2D eigenvalue weighted by atomic mass is 35.5. The van der Waals surface area contributed by atoms with Gasteiger partial charge in [-0.2, -0.15) is 5.26 Å². The predicted octanol–water partition coefficient (Wildman–Crippen LogP) is 5.47. The van der Waals surface area contributed by atoms with Gasteiger partial charge in [-0.15, -0.1) is 10.2 Å². The molecule has 1 amide bonds. The molecule has 2 saturated heterocycles. The molecule has 0 aliphatic carbocycles. The van der Waals surface area contributed by atoms with Crippen molar-refractivity contribution in [2.45, 2.75) is 39.0 Å². The van der Waals surface area contributed by atoms with Crippen molar-refractivity contribution in [3.05, 3.63) is 98.8 Å². The summed E-state index contributed by atoms with van der Waals surface area (Å²) in [4.78, 5) is 38.7. The van der Waals surface area contributed by atoms with Crippen LogP contribution in [0.1, 0.15) is 42.5 Å². The number of carbonyl (C=O) groups is 1. The number of nitriles is 1. The number of rotatable bonds is 7. The van der Waals surface area contributed by atoms with Gasteiger partial charge >= 0.3 is 6.09 Å². The molecular weight excluding hydrogens is 620 g/mol. The summed E-state index contributed by atoms with van der Waals surface area (Å²) in [6.45, 7) is 7.99. The van der Waals surface area contributed by atoms with Crippen LogP contribution in [0.15, 0.2) is 70.0 Å². The summed E-state index contributed by atoms with van der Waals surface area (Å²) in [5, 5.41) is 18.0. The fraction of sp³-hybridized carbons (Fsp3) is 0.294. The highest BCUT2D eigenvalue weighted by Crippen LogP contribution is 2.39. The Morgan fingerprint density at radius 2 is 1.79 bits per heavy atom. The molecule has 0 bridgehead atoms. The second-order valence-electron chi connectivity index (χ2n) is 11.7. The van der Waals surface area contributed by atoms with Gasteiger partial charge in [0.1, 0.15) is 12.2 Å². The van der Waals surface area contributed by atoms with Crippen LogP contribution in [0.2, 0.25) is 5.02 Å². The maximum Gasteiger partial charge on any atom is 0.415 e. The first-order valence-electron chi connectivity index (χ1n) is 15.4. The number of anilines is 2. The second-order valence-corrected chi connectivity index (χ2v) is 12.1. The summed E-state index contributed by atoms with van der Waals surface area (Å²) in [5.74, 6) is 0.565. The minimum absolute atomic E-state index is 0.0512. The van der Waals surface area contributed by atoms with E-state index in [1.165, 1.54) is 4.90 Å². The first kappa shape index (κ1) is 30.4. The third-order valence-electron chi connectivity index (χ3n) is 8.72. The van der Waals surface area contributed by atoms with Crippen LogP contribution in [0.3, 0.4) is 0 Å². The minimum atomic E-state index is -0.662. The van der Waals surface area contributed by atoms with E-state index in [4.69, 9.17) is 20.8 Å². The number of nitrogens with zero attached hydrogens (tertiary/aromatic N) is 7. The lowest BCUT2D eigenvalue weighted by Crippen LogP contribution is -2.45. The molecule has 2 atom stereocenters. The fourth-order valence-corrected chi connectivity index (χ4v) is 6.37. The summed E-state index contributed by atoms with van der Waals surface area (Å²) < 4.78 is 11.6. The van der Waals surface area contributed by atoms with Crippen molar-refractivity contribution < 1.29 is 13.9 Å². The largest absolute Gasteiger partial charge is 0.443 e. The number of nitrogens with one attached hydrogen (secondary N) is 1. The zero-order valence-corrected chi connectivity index (χ0v) is 26.6. The first-order chi connectivity index (χ1) is 22.8. The number of hydrogen-bond donors (Lipinski definition) is 1. The zero-order valence-electron chi connectivity index (χ0n) is 25.8. The van der Waals surface area contributed by atoms with Crippen LogP contribution in [0, 0.1) is 11.3 Å². The molecule has 238 valence electrons. The fourth-order valence-electron chi connectivity index (χ4n) is 6.15. The smallest absolute Gasteiger partial charge is 0.415 e. The van der Waals surface area contributed by atoms with Crippen molar-refractivity contribution in [1.82, 2.24) is 25.1 Å². The maximum atomic E-state index is 12.8. The van der Waals surface area contributed by atoms with Crippen LogP contribution >= 0.6 is 11.6 Å². The quantitative estimate of drug-likeness (QED) is 0.241. The van der Waals surface area contributed by atoms with Crippen LogP contribution in [0.4, 0.5) is 16.2 Å². The number of aromatic amines is 1. The van der Waals surface area contributed by atoms with Gasteiger partial charge in [0.25, 0.3) is 5.56 Å². The van der Waals surface area contributed by atoms with E-state index in [-0.39, 0.29) is 16.5 Å². The van der Waals surface area contributed by atoms with Crippen molar-refractivity contribution in [1.29, 1.82) is 5.26 Å². The van der Waals surface area contributed by atoms with E-state index >= 15 is 0 Å². The number of fused-ring (bicyclic) bond motifs is 1. The number of amides is 1. The molecule has 7 rings (SSSR count). The number of piperazine rings is 1. The van der Waals surface area contributed by atoms with E-state index in [0.29, 0.717) is 23.6 Å². The molecule has 5 aromatic rings. The molecule has 12 nitrogen and oxygen atoms in total. The molecule has 47 heavy (non-hydrogen) atoms. The third kappa shape index (κ3) is 5.91. The Bertz CT molecular complexity index is 2060. The molecule has 1 N–H and O–H groups in total. The SMILES string of the molecule is CCc1cc2ncc(CN3CCN(c4ccc(-c5nnc([C@H]6[C@H](C)OC(=O)N6c6ccc(C#N)c(Cl)c6)o5)cc4)CC3)cc2[nH]c1=O. The van der Waals surface area contributed by atoms with Crippen LogP contribution in [0.5, 0.6) is 0 Å². The standard InChI is InChI=1S/C34H31ClN8O4/c1-3-22-15-28-29(38-31(22)44)14-21(18-37-28)19-41-10-12-42(13-11-41)25-7-4-23(5-8-25)32-39-40-33(47-32)30-20(2)46-34(45)43(30)26-9-6-24(17-36)27(35)16-26/h4-9,14-16,18,20,30H,3,10-13,19H2,1-2H3,(H,38,44)/t20-,30+/m0/s1. The van der Waals surface area contributed by atoms with Gasteiger partial charge in [-0.05, 0) is 73.5 Å². The molecule has 2 aromatic carbocycles. The Balaban J connectivity index is 0.998. The Morgan fingerprint density at radius 1 is 1.02 bits per heavy atom.